The minimum Gasteiger partial charge on any atom is -0.466 e. The van der Waals surface area contributed by atoms with Crippen LogP contribution in [-0.2, 0) is 12.1 Å². The molecular weight excluding hydrogens is 594 g/mol. The highest BCUT2D eigenvalue weighted by Crippen LogP contribution is 2.45. The number of alkyl halides is 8. The standard InChI is InChI=1S/C33H29F8NO2/c1-21(2)23-8-7-13-28(19-23)44-30(24-9-6-10-26(18-24)31(34,35)33(39,40)41)42(27-11-4-3-5-12-27)20-29(43)22-14-16-25(17-15-22)32(36,37)38/h3-19,21,29-30,43H,20H2,1-2H3. The lowest BCUT2D eigenvalue weighted by molar-refractivity contribution is -0.289. The molecule has 4 rings (SSSR count). The molecule has 0 aliphatic heterocycles. The fourth-order valence-electron chi connectivity index (χ4n) is 4.58. The van der Waals surface area contributed by atoms with Gasteiger partial charge in [-0.1, -0.05) is 74.5 Å². The Bertz CT molecular complexity index is 1520. The van der Waals surface area contributed by atoms with Gasteiger partial charge in [0.25, 0.3) is 0 Å². The van der Waals surface area contributed by atoms with E-state index in [1.54, 1.807) is 48.5 Å². The summed E-state index contributed by atoms with van der Waals surface area (Å²) in [4.78, 5) is 1.45. The first-order chi connectivity index (χ1) is 20.6. The number of anilines is 1. The quantitative estimate of drug-likeness (QED) is 0.141. The van der Waals surface area contributed by atoms with Crippen molar-refractivity contribution in [3.05, 3.63) is 131 Å². The number of benzene rings is 4. The molecule has 3 nitrogen and oxygen atoms in total. The van der Waals surface area contributed by atoms with E-state index < -0.39 is 41.7 Å². The zero-order valence-electron chi connectivity index (χ0n) is 23.6. The fourth-order valence-corrected chi connectivity index (χ4v) is 4.58. The highest BCUT2D eigenvalue weighted by atomic mass is 19.4. The summed E-state index contributed by atoms with van der Waals surface area (Å²) in [6, 6.07) is 22.7. The molecule has 2 atom stereocenters. The Morgan fingerprint density at radius 2 is 1.27 bits per heavy atom. The van der Waals surface area contributed by atoms with E-state index in [0.29, 0.717) is 17.8 Å². The predicted octanol–water partition coefficient (Wildman–Crippen LogP) is 9.80. The van der Waals surface area contributed by atoms with Crippen LogP contribution in [0.5, 0.6) is 5.75 Å². The largest absolute Gasteiger partial charge is 0.466 e. The average molecular weight is 624 g/mol. The van der Waals surface area contributed by atoms with Crippen molar-refractivity contribution in [2.45, 2.75) is 50.4 Å². The molecule has 0 fully saturated rings. The van der Waals surface area contributed by atoms with Crippen molar-refractivity contribution >= 4 is 5.69 Å². The third-order valence-electron chi connectivity index (χ3n) is 7.03. The predicted molar refractivity (Wildman–Crippen MR) is 150 cm³/mol. The molecule has 44 heavy (non-hydrogen) atoms. The summed E-state index contributed by atoms with van der Waals surface area (Å²) in [5, 5.41) is 11.2. The van der Waals surface area contributed by atoms with Crippen LogP contribution in [0.3, 0.4) is 0 Å². The van der Waals surface area contributed by atoms with Gasteiger partial charge in [-0.3, -0.25) is 0 Å². The van der Waals surface area contributed by atoms with Gasteiger partial charge in [0.2, 0.25) is 0 Å². The molecule has 0 aromatic heterocycles. The molecule has 4 aromatic rings. The van der Waals surface area contributed by atoms with Crippen LogP contribution in [-0.4, -0.2) is 17.8 Å². The molecule has 11 heteroatoms. The lowest BCUT2D eigenvalue weighted by Gasteiger charge is -2.36. The average Bonchev–Trinajstić information content (AvgIpc) is 2.98. The van der Waals surface area contributed by atoms with Gasteiger partial charge in [0.05, 0.1) is 18.2 Å². The number of hydrogen-bond donors (Lipinski definition) is 1. The minimum absolute atomic E-state index is 0.0788. The molecular formula is C33H29F8NO2. The first-order valence-corrected chi connectivity index (χ1v) is 13.6. The first kappa shape index (κ1) is 32.8. The van der Waals surface area contributed by atoms with Gasteiger partial charge in [0.1, 0.15) is 5.75 Å². The summed E-state index contributed by atoms with van der Waals surface area (Å²) in [6.45, 7) is 3.55. The van der Waals surface area contributed by atoms with Crippen LogP contribution in [0, 0.1) is 0 Å². The van der Waals surface area contributed by atoms with Gasteiger partial charge < -0.3 is 14.7 Å². The topological polar surface area (TPSA) is 32.7 Å². The Kier molecular flexibility index (Phi) is 9.58. The lowest BCUT2D eigenvalue weighted by atomic mass is 10.0. The summed E-state index contributed by atoms with van der Waals surface area (Å²) in [7, 11) is 0. The third kappa shape index (κ3) is 7.50. The molecule has 0 heterocycles. The van der Waals surface area contributed by atoms with Gasteiger partial charge >= 0.3 is 18.3 Å². The molecule has 0 aliphatic rings. The van der Waals surface area contributed by atoms with Crippen molar-refractivity contribution in [1.82, 2.24) is 0 Å². The van der Waals surface area contributed by atoms with Crippen LogP contribution in [0.25, 0.3) is 0 Å². The molecule has 2 unspecified atom stereocenters. The fraction of sp³-hybridized carbons (Fsp3) is 0.273. The van der Waals surface area contributed by atoms with Gasteiger partial charge in [-0.2, -0.15) is 35.1 Å². The van der Waals surface area contributed by atoms with Crippen molar-refractivity contribution in [2.24, 2.45) is 0 Å². The molecule has 0 saturated carbocycles. The highest BCUT2D eigenvalue weighted by molar-refractivity contribution is 5.50. The van der Waals surface area contributed by atoms with Crippen LogP contribution in [0.15, 0.2) is 103 Å². The Morgan fingerprint density at radius 3 is 1.86 bits per heavy atom. The smallest absolute Gasteiger partial charge is 0.458 e. The Labute approximate surface area is 249 Å². The van der Waals surface area contributed by atoms with Gasteiger partial charge in [-0.25, -0.2) is 0 Å². The number of nitrogens with zero attached hydrogens (tertiary/aromatic N) is 1. The zero-order valence-corrected chi connectivity index (χ0v) is 23.6. The highest BCUT2D eigenvalue weighted by Gasteiger charge is 2.58. The molecule has 1 N–H and O–H groups in total. The summed E-state index contributed by atoms with van der Waals surface area (Å²) in [5.41, 5.74) is -0.904. The Balaban J connectivity index is 1.83. The van der Waals surface area contributed by atoms with Gasteiger partial charge in [-0.15, -0.1) is 0 Å². The number of aliphatic hydroxyl groups excluding tert-OH is 1. The zero-order chi connectivity index (χ0) is 32.3. The molecule has 0 bridgehead atoms. The Hall–Kier alpha value is -4.12. The van der Waals surface area contributed by atoms with Crippen LogP contribution in [0.1, 0.15) is 59.9 Å². The van der Waals surface area contributed by atoms with Crippen LogP contribution >= 0.6 is 0 Å². The van der Waals surface area contributed by atoms with E-state index in [4.69, 9.17) is 4.74 Å². The maximum Gasteiger partial charge on any atom is 0.458 e. The van der Waals surface area contributed by atoms with Crippen molar-refractivity contribution in [3.63, 3.8) is 0 Å². The Morgan fingerprint density at radius 1 is 0.659 bits per heavy atom. The van der Waals surface area contributed by atoms with Crippen molar-refractivity contribution in [1.29, 1.82) is 0 Å². The monoisotopic (exact) mass is 623 g/mol. The van der Waals surface area contributed by atoms with Gasteiger partial charge in [0.15, 0.2) is 6.23 Å². The molecule has 234 valence electrons. The number of hydrogen-bond acceptors (Lipinski definition) is 3. The molecule has 0 saturated heterocycles. The van der Waals surface area contributed by atoms with Crippen molar-refractivity contribution < 1.29 is 45.0 Å². The molecule has 0 spiro atoms. The number of rotatable bonds is 10. The van der Waals surface area contributed by atoms with E-state index in [1.165, 1.54) is 11.0 Å². The molecule has 0 radical (unpaired) electrons. The van der Waals surface area contributed by atoms with Gasteiger partial charge in [-0.05, 0) is 59.5 Å². The van der Waals surface area contributed by atoms with E-state index >= 15 is 0 Å². The van der Waals surface area contributed by atoms with E-state index in [-0.39, 0.29) is 29.3 Å². The van der Waals surface area contributed by atoms with Crippen LogP contribution < -0.4 is 9.64 Å². The second-order valence-corrected chi connectivity index (χ2v) is 10.5. The van der Waals surface area contributed by atoms with Crippen LogP contribution in [0.2, 0.25) is 0 Å². The molecule has 0 aliphatic carbocycles. The normalized spacial score (nSPS) is 13.9. The summed E-state index contributed by atoms with van der Waals surface area (Å²) < 4.78 is 114. The van der Waals surface area contributed by atoms with Crippen molar-refractivity contribution in [3.8, 4) is 5.75 Å². The summed E-state index contributed by atoms with van der Waals surface area (Å²) >= 11 is 0. The molecule has 4 aromatic carbocycles. The van der Waals surface area contributed by atoms with E-state index in [9.17, 15) is 40.2 Å². The third-order valence-corrected chi connectivity index (χ3v) is 7.03. The maximum atomic E-state index is 14.4. The maximum absolute atomic E-state index is 14.4. The van der Waals surface area contributed by atoms with E-state index in [0.717, 1.165) is 35.9 Å². The number of aliphatic hydroxyl groups is 1. The minimum atomic E-state index is -5.86. The van der Waals surface area contributed by atoms with E-state index in [1.807, 2.05) is 19.9 Å². The lowest BCUT2D eigenvalue weighted by Crippen LogP contribution is -2.37. The van der Waals surface area contributed by atoms with Crippen LogP contribution in [0.4, 0.5) is 40.8 Å². The summed E-state index contributed by atoms with van der Waals surface area (Å²) in [6.07, 6.45) is -13.2. The van der Waals surface area contributed by atoms with E-state index in [2.05, 4.69) is 0 Å². The number of ether oxygens (including phenoxy) is 1. The summed E-state index contributed by atoms with van der Waals surface area (Å²) in [5.74, 6) is -4.81. The second kappa shape index (κ2) is 12.9. The first-order valence-electron chi connectivity index (χ1n) is 13.6. The number of halogens is 8. The van der Waals surface area contributed by atoms with Gasteiger partial charge in [0, 0.05) is 16.8 Å². The molecule has 0 amide bonds. The SMILES string of the molecule is CC(C)c1cccc(OC(c2cccc(C(F)(F)C(F)(F)F)c2)N(CC(O)c2ccc(C(F)(F)F)cc2)c2ccccc2)c1. The number of para-hydroxylation sites is 1. The second-order valence-electron chi connectivity index (χ2n) is 10.5. The van der Waals surface area contributed by atoms with Crippen molar-refractivity contribution in [2.75, 3.05) is 11.4 Å².